The van der Waals surface area contributed by atoms with Gasteiger partial charge in [0.2, 0.25) is 0 Å². The Morgan fingerprint density at radius 3 is 2.69 bits per heavy atom. The molecule has 5 nitrogen and oxygen atoms in total. The number of esters is 1. The average molecular weight is 384 g/mol. The number of aromatic nitrogens is 2. The maximum atomic E-state index is 12.5. The monoisotopic (exact) mass is 384 g/mol. The molecule has 0 bridgehead atoms. The fourth-order valence-electron chi connectivity index (χ4n) is 2.94. The van der Waals surface area contributed by atoms with Crippen molar-refractivity contribution in [2.75, 3.05) is 0 Å². The number of aromatic amines is 1. The maximum absolute atomic E-state index is 12.5. The first-order chi connectivity index (χ1) is 12.5. The molecule has 0 atom stereocenters. The zero-order valence-electron chi connectivity index (χ0n) is 14.5. The van der Waals surface area contributed by atoms with Crippen LogP contribution in [0.2, 0.25) is 0 Å². The summed E-state index contributed by atoms with van der Waals surface area (Å²) in [6.45, 7) is 5.73. The number of H-pyrrole nitrogens is 1. The van der Waals surface area contributed by atoms with E-state index in [9.17, 15) is 9.59 Å². The number of nitrogens with zero attached hydrogens (tertiary/aromatic N) is 1. The highest BCUT2D eigenvalue weighted by Gasteiger charge is 2.18. The van der Waals surface area contributed by atoms with Crippen LogP contribution in [-0.2, 0) is 11.3 Å². The number of fused-ring (bicyclic) bond motifs is 2. The number of carbonyl (C=O) groups excluding carboxylic acids is 1. The molecule has 0 saturated carbocycles. The number of hydrogen-bond acceptors (Lipinski definition) is 6. The number of thiophene rings is 2. The smallest absolute Gasteiger partial charge is 0.349 e. The Kier molecular flexibility index (Phi) is 4.13. The van der Waals surface area contributed by atoms with Crippen LogP contribution in [0, 0.1) is 20.8 Å². The number of carbonyl (C=O) groups is 1. The van der Waals surface area contributed by atoms with Crippen molar-refractivity contribution < 1.29 is 9.53 Å². The standard InChI is InChI=1S/C19H16N2O3S2/c1-9-11(3)25-18-15(9)17(22)20-14(21-18)8-24-19(23)16-10(2)12-6-4-5-7-13(12)26-16/h4-7H,8H2,1-3H3,(H,20,21,22). The number of aryl methyl sites for hydroxylation is 3. The molecule has 1 N–H and O–H groups in total. The molecule has 0 aliphatic carbocycles. The summed E-state index contributed by atoms with van der Waals surface area (Å²) in [5.41, 5.74) is 1.67. The van der Waals surface area contributed by atoms with Crippen LogP contribution in [0.4, 0.5) is 0 Å². The van der Waals surface area contributed by atoms with Crippen LogP contribution in [0.3, 0.4) is 0 Å². The predicted molar refractivity (Wildman–Crippen MR) is 105 cm³/mol. The second-order valence-electron chi connectivity index (χ2n) is 6.10. The van der Waals surface area contributed by atoms with Crippen molar-refractivity contribution in [1.82, 2.24) is 9.97 Å². The SMILES string of the molecule is Cc1sc2nc(COC(=O)c3sc4ccccc4c3C)[nH]c(=O)c2c1C. The van der Waals surface area contributed by atoms with Crippen LogP contribution in [0.25, 0.3) is 20.3 Å². The molecule has 3 heterocycles. The van der Waals surface area contributed by atoms with Gasteiger partial charge in [-0.15, -0.1) is 22.7 Å². The molecule has 3 aromatic heterocycles. The quantitative estimate of drug-likeness (QED) is 0.529. The first kappa shape index (κ1) is 16.9. The summed E-state index contributed by atoms with van der Waals surface area (Å²) in [4.78, 5) is 34.3. The van der Waals surface area contributed by atoms with E-state index < -0.39 is 5.97 Å². The molecular weight excluding hydrogens is 368 g/mol. The third-order valence-electron chi connectivity index (χ3n) is 4.46. The van der Waals surface area contributed by atoms with Gasteiger partial charge in [0.1, 0.15) is 22.1 Å². The number of benzene rings is 1. The summed E-state index contributed by atoms with van der Waals surface area (Å²) >= 11 is 2.89. The van der Waals surface area contributed by atoms with Crippen LogP contribution < -0.4 is 5.56 Å². The van der Waals surface area contributed by atoms with Gasteiger partial charge in [-0.2, -0.15) is 0 Å². The van der Waals surface area contributed by atoms with E-state index in [-0.39, 0.29) is 12.2 Å². The summed E-state index contributed by atoms with van der Waals surface area (Å²) in [6, 6.07) is 7.87. The maximum Gasteiger partial charge on any atom is 0.349 e. The van der Waals surface area contributed by atoms with E-state index in [1.807, 2.05) is 45.0 Å². The summed E-state index contributed by atoms with van der Waals surface area (Å²) in [6.07, 6.45) is 0. The van der Waals surface area contributed by atoms with Gasteiger partial charge in [-0.1, -0.05) is 18.2 Å². The number of nitrogens with one attached hydrogen (secondary N) is 1. The Morgan fingerprint density at radius 1 is 1.15 bits per heavy atom. The van der Waals surface area contributed by atoms with Crippen LogP contribution in [0.1, 0.15) is 31.5 Å². The molecular formula is C19H16N2O3S2. The molecule has 26 heavy (non-hydrogen) atoms. The first-order valence-electron chi connectivity index (χ1n) is 8.10. The molecule has 0 fully saturated rings. The number of rotatable bonds is 3. The lowest BCUT2D eigenvalue weighted by atomic mass is 10.1. The molecule has 4 aromatic rings. The van der Waals surface area contributed by atoms with Crippen molar-refractivity contribution in [1.29, 1.82) is 0 Å². The Hall–Kier alpha value is -2.51. The number of ether oxygens (including phenoxy) is 1. The zero-order chi connectivity index (χ0) is 18.4. The van der Waals surface area contributed by atoms with E-state index >= 15 is 0 Å². The molecule has 132 valence electrons. The first-order valence-corrected chi connectivity index (χ1v) is 9.73. The molecule has 0 spiro atoms. The van der Waals surface area contributed by atoms with Crippen LogP contribution in [0.5, 0.6) is 0 Å². The van der Waals surface area contributed by atoms with E-state index in [1.54, 1.807) is 0 Å². The lowest BCUT2D eigenvalue weighted by Crippen LogP contribution is -2.14. The molecule has 0 aliphatic heterocycles. The van der Waals surface area contributed by atoms with Crippen molar-refractivity contribution in [3.8, 4) is 0 Å². The van der Waals surface area contributed by atoms with Gasteiger partial charge in [0.15, 0.2) is 0 Å². The molecule has 0 saturated heterocycles. The van der Waals surface area contributed by atoms with Gasteiger partial charge in [-0.05, 0) is 43.4 Å². The predicted octanol–water partition coefficient (Wildman–Crippen LogP) is 4.48. The Bertz CT molecular complexity index is 1220. The fraction of sp³-hybridized carbons (Fsp3) is 0.211. The van der Waals surface area contributed by atoms with Crippen molar-refractivity contribution in [2.24, 2.45) is 0 Å². The second-order valence-corrected chi connectivity index (χ2v) is 8.36. The largest absolute Gasteiger partial charge is 0.453 e. The lowest BCUT2D eigenvalue weighted by Gasteiger charge is -2.04. The highest BCUT2D eigenvalue weighted by Crippen LogP contribution is 2.31. The van der Waals surface area contributed by atoms with E-state index in [0.717, 1.165) is 26.1 Å². The molecule has 4 rings (SSSR count). The van der Waals surface area contributed by atoms with Crippen molar-refractivity contribution >= 4 is 48.9 Å². The Labute approximate surface area is 157 Å². The van der Waals surface area contributed by atoms with Crippen LogP contribution in [-0.4, -0.2) is 15.9 Å². The van der Waals surface area contributed by atoms with Gasteiger partial charge in [0.25, 0.3) is 5.56 Å². The topological polar surface area (TPSA) is 72.0 Å². The third-order valence-corrected chi connectivity index (χ3v) is 6.81. The Morgan fingerprint density at radius 2 is 1.92 bits per heavy atom. The Balaban J connectivity index is 1.60. The van der Waals surface area contributed by atoms with E-state index in [0.29, 0.717) is 20.9 Å². The van der Waals surface area contributed by atoms with Gasteiger partial charge in [0.05, 0.1) is 5.39 Å². The minimum Gasteiger partial charge on any atom is -0.453 e. The van der Waals surface area contributed by atoms with E-state index in [1.165, 1.54) is 22.7 Å². The molecule has 1 aromatic carbocycles. The van der Waals surface area contributed by atoms with Gasteiger partial charge >= 0.3 is 5.97 Å². The molecule has 0 amide bonds. The van der Waals surface area contributed by atoms with Crippen molar-refractivity contribution in [3.63, 3.8) is 0 Å². The summed E-state index contributed by atoms with van der Waals surface area (Å²) in [7, 11) is 0. The second kappa shape index (κ2) is 6.34. The average Bonchev–Trinajstić information content (AvgIpc) is 3.10. The zero-order valence-corrected chi connectivity index (χ0v) is 16.1. The van der Waals surface area contributed by atoms with Gasteiger partial charge in [-0.25, -0.2) is 9.78 Å². The lowest BCUT2D eigenvalue weighted by molar-refractivity contribution is 0.0467. The molecule has 0 aliphatic rings. The third kappa shape index (κ3) is 2.73. The normalized spacial score (nSPS) is 11.3. The summed E-state index contributed by atoms with van der Waals surface area (Å²) in [5, 5.41) is 1.67. The minimum absolute atomic E-state index is 0.0618. The summed E-state index contributed by atoms with van der Waals surface area (Å²) in [5.74, 6) is -0.0409. The molecule has 0 radical (unpaired) electrons. The summed E-state index contributed by atoms with van der Waals surface area (Å²) < 4.78 is 6.46. The fourth-order valence-corrected chi connectivity index (χ4v) is 5.09. The minimum atomic E-state index is -0.398. The van der Waals surface area contributed by atoms with E-state index in [2.05, 4.69) is 9.97 Å². The van der Waals surface area contributed by atoms with Gasteiger partial charge in [0, 0.05) is 9.58 Å². The van der Waals surface area contributed by atoms with Crippen LogP contribution in [0.15, 0.2) is 29.1 Å². The molecule has 0 unspecified atom stereocenters. The highest BCUT2D eigenvalue weighted by molar-refractivity contribution is 7.21. The van der Waals surface area contributed by atoms with Crippen LogP contribution >= 0.6 is 22.7 Å². The molecule has 7 heteroatoms. The van der Waals surface area contributed by atoms with E-state index in [4.69, 9.17) is 4.74 Å². The highest BCUT2D eigenvalue weighted by atomic mass is 32.1. The van der Waals surface area contributed by atoms with Crippen molar-refractivity contribution in [3.05, 3.63) is 61.3 Å². The van der Waals surface area contributed by atoms with Gasteiger partial charge in [-0.3, -0.25) is 4.79 Å². The number of hydrogen-bond donors (Lipinski definition) is 1. The van der Waals surface area contributed by atoms with Crippen molar-refractivity contribution in [2.45, 2.75) is 27.4 Å². The van der Waals surface area contributed by atoms with Gasteiger partial charge < -0.3 is 9.72 Å².